The summed E-state index contributed by atoms with van der Waals surface area (Å²) in [6, 6.07) is 0.604. The highest BCUT2D eigenvalue weighted by Crippen LogP contribution is 2.16. The van der Waals surface area contributed by atoms with Crippen molar-refractivity contribution in [2.24, 2.45) is 5.92 Å². The maximum absolute atomic E-state index is 5.31. The molecule has 3 heteroatoms. The van der Waals surface area contributed by atoms with Gasteiger partial charge in [0.05, 0.1) is 0 Å². The molecule has 0 aromatic rings. The predicted octanol–water partition coefficient (Wildman–Crippen LogP) is 3.22. The zero-order valence-corrected chi connectivity index (χ0v) is 11.5. The molecule has 1 rings (SSSR count). The molecule has 1 aliphatic rings. The van der Waals surface area contributed by atoms with Gasteiger partial charge in [0, 0.05) is 12.6 Å². The van der Waals surface area contributed by atoms with E-state index in [1.165, 1.54) is 44.9 Å². The van der Waals surface area contributed by atoms with E-state index in [9.17, 15) is 0 Å². The first-order valence-electron chi connectivity index (χ1n) is 6.73. The van der Waals surface area contributed by atoms with Gasteiger partial charge in [-0.15, -0.1) is 0 Å². The molecule has 1 fully saturated rings. The summed E-state index contributed by atoms with van der Waals surface area (Å²) in [5.41, 5.74) is 0. The standard InChI is InChI=1S/C13H26N2S/c1-11(2)10-14-13(16)15-12-8-6-4-3-5-7-9-12/h11-12H,3-10H2,1-2H3,(H2,14,15,16). The molecule has 0 radical (unpaired) electrons. The summed E-state index contributed by atoms with van der Waals surface area (Å²) in [6.45, 7) is 5.37. The molecule has 94 valence electrons. The highest BCUT2D eigenvalue weighted by molar-refractivity contribution is 7.80. The van der Waals surface area contributed by atoms with Crippen LogP contribution in [0, 0.1) is 5.92 Å². The summed E-state index contributed by atoms with van der Waals surface area (Å²) in [6.07, 6.45) is 9.47. The van der Waals surface area contributed by atoms with Crippen LogP contribution < -0.4 is 10.6 Å². The van der Waals surface area contributed by atoms with Gasteiger partial charge in [0.2, 0.25) is 0 Å². The first-order valence-corrected chi connectivity index (χ1v) is 7.13. The maximum Gasteiger partial charge on any atom is 0.166 e. The van der Waals surface area contributed by atoms with Gasteiger partial charge in [-0.05, 0) is 31.0 Å². The van der Waals surface area contributed by atoms with Crippen LogP contribution in [0.2, 0.25) is 0 Å². The molecular weight excluding hydrogens is 216 g/mol. The fourth-order valence-corrected chi connectivity index (χ4v) is 2.38. The van der Waals surface area contributed by atoms with Crippen LogP contribution in [0.15, 0.2) is 0 Å². The minimum atomic E-state index is 0.604. The highest BCUT2D eigenvalue weighted by Gasteiger charge is 2.11. The Morgan fingerprint density at radius 3 is 2.25 bits per heavy atom. The quantitative estimate of drug-likeness (QED) is 0.743. The van der Waals surface area contributed by atoms with E-state index < -0.39 is 0 Å². The molecule has 2 nitrogen and oxygen atoms in total. The van der Waals surface area contributed by atoms with E-state index in [2.05, 4.69) is 24.5 Å². The fraction of sp³-hybridized carbons (Fsp3) is 0.923. The Hall–Kier alpha value is -0.310. The lowest BCUT2D eigenvalue weighted by Gasteiger charge is -2.23. The lowest BCUT2D eigenvalue weighted by Crippen LogP contribution is -2.43. The molecule has 0 aromatic heterocycles. The molecule has 1 aliphatic carbocycles. The second-order valence-corrected chi connectivity index (χ2v) is 5.70. The third kappa shape index (κ3) is 6.31. The summed E-state index contributed by atoms with van der Waals surface area (Å²) < 4.78 is 0. The first kappa shape index (κ1) is 13.8. The average Bonchev–Trinajstić information content (AvgIpc) is 2.19. The van der Waals surface area contributed by atoms with Gasteiger partial charge in [-0.25, -0.2) is 0 Å². The van der Waals surface area contributed by atoms with Crippen LogP contribution in [0.1, 0.15) is 58.8 Å². The molecule has 1 saturated carbocycles. The van der Waals surface area contributed by atoms with Crippen LogP contribution in [0.3, 0.4) is 0 Å². The summed E-state index contributed by atoms with van der Waals surface area (Å²) in [5.74, 6) is 0.650. The van der Waals surface area contributed by atoms with E-state index in [0.29, 0.717) is 12.0 Å². The molecule has 0 spiro atoms. The van der Waals surface area contributed by atoms with Crippen molar-refractivity contribution in [3.05, 3.63) is 0 Å². The molecule has 16 heavy (non-hydrogen) atoms. The summed E-state index contributed by atoms with van der Waals surface area (Å²) in [4.78, 5) is 0. The first-order chi connectivity index (χ1) is 7.68. The van der Waals surface area contributed by atoms with Crippen LogP contribution in [-0.2, 0) is 0 Å². The Balaban J connectivity index is 2.19. The third-order valence-corrected chi connectivity index (χ3v) is 3.37. The number of hydrogen-bond donors (Lipinski definition) is 2. The molecule has 0 saturated heterocycles. The summed E-state index contributed by atoms with van der Waals surface area (Å²) >= 11 is 5.31. The Morgan fingerprint density at radius 2 is 1.69 bits per heavy atom. The molecule has 0 unspecified atom stereocenters. The molecule has 0 heterocycles. The number of thiocarbonyl (C=S) groups is 1. The topological polar surface area (TPSA) is 24.1 Å². The normalized spacial score (nSPS) is 18.9. The van der Waals surface area contributed by atoms with Crippen LogP contribution in [0.25, 0.3) is 0 Å². The van der Waals surface area contributed by atoms with Crippen molar-refractivity contribution in [3.8, 4) is 0 Å². The Morgan fingerprint density at radius 1 is 1.12 bits per heavy atom. The minimum Gasteiger partial charge on any atom is -0.362 e. The third-order valence-electron chi connectivity index (χ3n) is 3.11. The minimum absolute atomic E-state index is 0.604. The van der Waals surface area contributed by atoms with Crippen molar-refractivity contribution in [2.45, 2.75) is 64.8 Å². The maximum atomic E-state index is 5.31. The lowest BCUT2D eigenvalue weighted by atomic mass is 9.97. The van der Waals surface area contributed by atoms with Gasteiger partial charge in [-0.3, -0.25) is 0 Å². The molecule has 0 atom stereocenters. The van der Waals surface area contributed by atoms with E-state index in [1.54, 1.807) is 0 Å². The average molecular weight is 242 g/mol. The predicted molar refractivity (Wildman–Crippen MR) is 74.7 cm³/mol. The smallest absolute Gasteiger partial charge is 0.166 e. The number of hydrogen-bond acceptors (Lipinski definition) is 1. The number of nitrogens with one attached hydrogen (secondary N) is 2. The molecule has 0 aromatic carbocycles. The van der Waals surface area contributed by atoms with Gasteiger partial charge in [0.15, 0.2) is 5.11 Å². The lowest BCUT2D eigenvalue weighted by molar-refractivity contribution is 0.426. The zero-order valence-electron chi connectivity index (χ0n) is 10.7. The highest BCUT2D eigenvalue weighted by atomic mass is 32.1. The van der Waals surface area contributed by atoms with Gasteiger partial charge < -0.3 is 10.6 Å². The van der Waals surface area contributed by atoms with Gasteiger partial charge in [-0.1, -0.05) is 46.0 Å². The van der Waals surface area contributed by atoms with Gasteiger partial charge in [0.25, 0.3) is 0 Å². The van der Waals surface area contributed by atoms with E-state index in [4.69, 9.17) is 12.2 Å². The summed E-state index contributed by atoms with van der Waals surface area (Å²) in [7, 11) is 0. The number of rotatable bonds is 3. The SMILES string of the molecule is CC(C)CNC(=S)NC1CCCCCCC1. The van der Waals surface area contributed by atoms with Crippen molar-refractivity contribution in [2.75, 3.05) is 6.54 Å². The molecule has 0 amide bonds. The van der Waals surface area contributed by atoms with Crippen LogP contribution >= 0.6 is 12.2 Å². The Kier molecular flexibility index (Phi) is 6.78. The molecule has 2 N–H and O–H groups in total. The second kappa shape index (κ2) is 7.88. The molecule has 0 bridgehead atoms. The van der Waals surface area contributed by atoms with Gasteiger partial charge >= 0.3 is 0 Å². The van der Waals surface area contributed by atoms with Crippen LogP contribution in [0.5, 0.6) is 0 Å². The Labute approximate surface area is 106 Å². The summed E-state index contributed by atoms with van der Waals surface area (Å²) in [5, 5.41) is 7.59. The van der Waals surface area contributed by atoms with Crippen molar-refractivity contribution in [1.29, 1.82) is 0 Å². The van der Waals surface area contributed by atoms with Crippen molar-refractivity contribution >= 4 is 17.3 Å². The van der Waals surface area contributed by atoms with Crippen molar-refractivity contribution in [3.63, 3.8) is 0 Å². The van der Waals surface area contributed by atoms with Crippen molar-refractivity contribution in [1.82, 2.24) is 10.6 Å². The van der Waals surface area contributed by atoms with Crippen molar-refractivity contribution < 1.29 is 0 Å². The van der Waals surface area contributed by atoms with E-state index in [0.717, 1.165) is 11.7 Å². The largest absolute Gasteiger partial charge is 0.362 e. The van der Waals surface area contributed by atoms with Gasteiger partial charge in [-0.2, -0.15) is 0 Å². The van der Waals surface area contributed by atoms with Crippen LogP contribution in [0.4, 0.5) is 0 Å². The van der Waals surface area contributed by atoms with E-state index in [1.807, 2.05) is 0 Å². The monoisotopic (exact) mass is 242 g/mol. The van der Waals surface area contributed by atoms with E-state index >= 15 is 0 Å². The van der Waals surface area contributed by atoms with E-state index in [-0.39, 0.29) is 0 Å². The van der Waals surface area contributed by atoms with Gasteiger partial charge in [0.1, 0.15) is 0 Å². The Bertz CT molecular complexity index is 196. The molecular formula is C13H26N2S. The fourth-order valence-electron chi connectivity index (χ4n) is 2.13. The second-order valence-electron chi connectivity index (χ2n) is 5.29. The zero-order chi connectivity index (χ0) is 11.8. The van der Waals surface area contributed by atoms with Crippen LogP contribution in [-0.4, -0.2) is 17.7 Å². The molecule has 0 aliphatic heterocycles.